The molecule has 2 atom stereocenters. The summed E-state index contributed by atoms with van der Waals surface area (Å²) in [5.74, 6) is -2.36. The van der Waals surface area contributed by atoms with Crippen LogP contribution in [0.3, 0.4) is 0 Å². The van der Waals surface area contributed by atoms with E-state index >= 15 is 4.39 Å². The smallest absolute Gasteiger partial charge is 0.245 e. The molecule has 13 nitrogen and oxygen atoms in total. The van der Waals surface area contributed by atoms with Crippen molar-refractivity contribution in [2.45, 2.75) is 70.9 Å². The maximum atomic E-state index is 15.5. The van der Waals surface area contributed by atoms with E-state index in [4.69, 9.17) is 0 Å². The van der Waals surface area contributed by atoms with E-state index in [-0.39, 0.29) is 60.7 Å². The van der Waals surface area contributed by atoms with Gasteiger partial charge in [0, 0.05) is 58.4 Å². The second-order valence-electron chi connectivity index (χ2n) is 13.0. The predicted molar refractivity (Wildman–Crippen MR) is 179 cm³/mol. The predicted octanol–water partition coefficient (Wildman–Crippen LogP) is 2.23. The highest BCUT2D eigenvalue weighted by atomic mass is 32.2. The van der Waals surface area contributed by atoms with Gasteiger partial charge in [0.15, 0.2) is 5.78 Å². The van der Waals surface area contributed by atoms with E-state index < -0.39 is 33.7 Å². The number of likely N-dealkylation sites (N-methyl/N-ethyl adjacent to an activating group) is 1. The van der Waals surface area contributed by atoms with Crippen molar-refractivity contribution in [3.63, 3.8) is 0 Å². The number of halogens is 1. The lowest BCUT2D eigenvalue weighted by molar-refractivity contribution is -0.137. The van der Waals surface area contributed by atoms with Gasteiger partial charge in [-0.05, 0) is 43.5 Å². The quantitative estimate of drug-likeness (QED) is 0.255. The number of piperazine rings is 1. The monoisotopic (exact) mass is 689 g/mol. The molecule has 1 saturated heterocycles. The summed E-state index contributed by atoms with van der Waals surface area (Å²) in [6, 6.07) is 3.49. The number of hydrogen-bond acceptors (Lipinski definition) is 8. The van der Waals surface area contributed by atoms with Gasteiger partial charge in [-0.15, -0.1) is 0 Å². The first-order valence-corrected chi connectivity index (χ1v) is 18.5. The standard InChI is InChI=1S/C33H48FN7O6S/c1-5-31(43)37-27(33(45)41-15-13-39(2)14-16-41)18-22-11-12-26(25(34)17-22)38-32(44)24(23-9-7-6-8-10-23)19-29(42)28-20-35-30(40(28)3)21-36-48(4,46)47/h11-12,17,20,23-24,27,36H,5-10,13-16,18-19,21H2,1-4H3,(H,37,43)(H,38,44)/t24-,27+/m0/s1. The van der Waals surface area contributed by atoms with Crippen LogP contribution >= 0.6 is 0 Å². The number of carbonyl (C=O) groups is 4. The molecule has 1 aliphatic carbocycles. The Morgan fingerprint density at radius 1 is 1.04 bits per heavy atom. The lowest BCUT2D eigenvalue weighted by atomic mass is 9.77. The van der Waals surface area contributed by atoms with E-state index in [1.807, 2.05) is 7.05 Å². The average molecular weight is 690 g/mol. The third-order valence-corrected chi connectivity index (χ3v) is 9.99. The molecule has 1 saturated carbocycles. The molecule has 1 aromatic carbocycles. The Bertz CT molecular complexity index is 1580. The number of rotatable bonds is 14. The lowest BCUT2D eigenvalue weighted by Crippen LogP contribution is -2.54. The van der Waals surface area contributed by atoms with Gasteiger partial charge < -0.3 is 25.0 Å². The summed E-state index contributed by atoms with van der Waals surface area (Å²) in [7, 11) is 0.137. The number of hydrogen-bond donors (Lipinski definition) is 3. The number of nitrogens with zero attached hydrogens (tertiary/aromatic N) is 4. The van der Waals surface area contributed by atoms with Gasteiger partial charge in [-0.2, -0.15) is 0 Å². The molecule has 1 aliphatic heterocycles. The van der Waals surface area contributed by atoms with Crippen LogP contribution in [0.5, 0.6) is 0 Å². The molecule has 0 unspecified atom stereocenters. The highest BCUT2D eigenvalue weighted by molar-refractivity contribution is 7.88. The molecule has 2 aliphatic rings. The fraction of sp³-hybridized carbons (Fsp3) is 0.606. The van der Waals surface area contributed by atoms with Crippen molar-refractivity contribution in [3.05, 3.63) is 47.3 Å². The van der Waals surface area contributed by atoms with E-state index in [1.54, 1.807) is 24.9 Å². The van der Waals surface area contributed by atoms with Crippen LogP contribution in [0.15, 0.2) is 24.4 Å². The highest BCUT2D eigenvalue weighted by Gasteiger charge is 2.33. The summed E-state index contributed by atoms with van der Waals surface area (Å²) in [5, 5.41) is 5.49. The molecule has 0 radical (unpaired) electrons. The molecule has 2 aromatic rings. The Hall–Kier alpha value is -3.69. The molecule has 48 heavy (non-hydrogen) atoms. The van der Waals surface area contributed by atoms with Crippen molar-refractivity contribution in [1.29, 1.82) is 0 Å². The van der Waals surface area contributed by atoms with Crippen LogP contribution in [0.1, 0.15) is 73.7 Å². The van der Waals surface area contributed by atoms with E-state index in [9.17, 15) is 27.6 Å². The fourth-order valence-corrected chi connectivity index (χ4v) is 6.76. The zero-order valence-corrected chi connectivity index (χ0v) is 29.1. The van der Waals surface area contributed by atoms with Crippen LogP contribution < -0.4 is 15.4 Å². The zero-order valence-electron chi connectivity index (χ0n) is 28.3. The van der Waals surface area contributed by atoms with Gasteiger partial charge in [0.05, 0.1) is 24.7 Å². The van der Waals surface area contributed by atoms with Crippen LogP contribution in [-0.4, -0.2) is 96.8 Å². The third-order valence-electron chi connectivity index (χ3n) is 9.32. The summed E-state index contributed by atoms with van der Waals surface area (Å²) < 4.78 is 42.4. The molecule has 0 bridgehead atoms. The normalized spacial score (nSPS) is 17.5. The number of amides is 3. The Morgan fingerprint density at radius 3 is 2.35 bits per heavy atom. The molecule has 3 N–H and O–H groups in total. The van der Waals surface area contributed by atoms with Gasteiger partial charge in [0.2, 0.25) is 27.7 Å². The fourth-order valence-electron chi connectivity index (χ4n) is 6.37. The molecule has 15 heteroatoms. The Kier molecular flexibility index (Phi) is 12.9. The molecule has 1 aromatic heterocycles. The zero-order chi connectivity index (χ0) is 35.0. The molecular formula is C33H48FN7O6S. The number of nitrogens with one attached hydrogen (secondary N) is 3. The van der Waals surface area contributed by atoms with Crippen LogP contribution in [0, 0.1) is 17.7 Å². The van der Waals surface area contributed by atoms with E-state index in [0.29, 0.717) is 24.5 Å². The van der Waals surface area contributed by atoms with Crippen molar-refractivity contribution in [1.82, 2.24) is 29.4 Å². The Balaban J connectivity index is 1.47. The molecule has 0 spiro atoms. The number of anilines is 1. The SMILES string of the molecule is CCC(=O)N[C@H](Cc1ccc(NC(=O)[C@@H](CC(=O)c2cnc(CNS(C)(=O)=O)n2C)C2CCCCC2)c(F)c1)C(=O)N1CCN(C)CC1. The number of imidazole rings is 1. The number of Topliss-reactive ketones (excluding diaryl/α,β-unsaturated/α-hetero) is 1. The molecule has 4 rings (SSSR count). The van der Waals surface area contributed by atoms with Crippen molar-refractivity contribution in [2.24, 2.45) is 18.9 Å². The molecule has 3 amide bonds. The minimum Gasteiger partial charge on any atom is -0.344 e. The number of carbonyl (C=O) groups excluding carboxylic acids is 4. The van der Waals surface area contributed by atoms with Crippen molar-refractivity contribution < 1.29 is 32.0 Å². The van der Waals surface area contributed by atoms with Crippen LogP contribution in [0.2, 0.25) is 0 Å². The second-order valence-corrected chi connectivity index (χ2v) is 14.8. The number of aromatic nitrogens is 2. The number of sulfonamides is 1. The minimum atomic E-state index is -3.46. The molecule has 2 fully saturated rings. The largest absolute Gasteiger partial charge is 0.344 e. The van der Waals surface area contributed by atoms with Crippen LogP contribution in [0.25, 0.3) is 0 Å². The van der Waals surface area contributed by atoms with Gasteiger partial charge >= 0.3 is 0 Å². The van der Waals surface area contributed by atoms with Gasteiger partial charge in [-0.1, -0.05) is 32.3 Å². The van der Waals surface area contributed by atoms with Crippen molar-refractivity contribution in [3.8, 4) is 0 Å². The van der Waals surface area contributed by atoms with E-state index in [1.165, 1.54) is 22.9 Å². The second kappa shape index (κ2) is 16.6. The molecule has 264 valence electrons. The maximum Gasteiger partial charge on any atom is 0.245 e. The van der Waals surface area contributed by atoms with Crippen LogP contribution in [0.4, 0.5) is 10.1 Å². The summed E-state index contributed by atoms with van der Waals surface area (Å²) in [6.07, 6.45) is 7.05. The number of ketones is 1. The van der Waals surface area contributed by atoms with Crippen molar-refractivity contribution in [2.75, 3.05) is 44.8 Å². The van der Waals surface area contributed by atoms with E-state index in [2.05, 4.69) is 25.2 Å². The highest BCUT2D eigenvalue weighted by Crippen LogP contribution is 2.34. The Morgan fingerprint density at radius 2 is 1.73 bits per heavy atom. The summed E-state index contributed by atoms with van der Waals surface area (Å²) in [5.41, 5.74) is 0.706. The van der Waals surface area contributed by atoms with Gasteiger partial charge in [-0.25, -0.2) is 22.5 Å². The minimum absolute atomic E-state index is 0.0359. The molecular weight excluding hydrogens is 641 g/mol. The first kappa shape index (κ1) is 37.1. The third kappa shape index (κ3) is 10.2. The summed E-state index contributed by atoms with van der Waals surface area (Å²) in [4.78, 5) is 60.8. The number of benzene rings is 1. The topological polar surface area (TPSA) is 163 Å². The first-order valence-electron chi connectivity index (χ1n) is 16.6. The summed E-state index contributed by atoms with van der Waals surface area (Å²) >= 11 is 0. The lowest BCUT2D eigenvalue weighted by Gasteiger charge is -2.34. The van der Waals surface area contributed by atoms with Gasteiger partial charge in [-0.3, -0.25) is 19.2 Å². The maximum absolute atomic E-state index is 15.5. The van der Waals surface area contributed by atoms with Gasteiger partial charge in [0.1, 0.15) is 23.4 Å². The Labute approximate surface area is 282 Å². The van der Waals surface area contributed by atoms with Crippen LogP contribution in [-0.2, 0) is 44.4 Å². The van der Waals surface area contributed by atoms with E-state index in [0.717, 1.165) is 51.4 Å². The summed E-state index contributed by atoms with van der Waals surface area (Å²) in [6.45, 7) is 4.15. The average Bonchev–Trinajstić information content (AvgIpc) is 3.43. The van der Waals surface area contributed by atoms with Gasteiger partial charge in [0.25, 0.3) is 0 Å². The first-order chi connectivity index (χ1) is 22.8. The molecule has 2 heterocycles. The van der Waals surface area contributed by atoms with Crippen molar-refractivity contribution >= 4 is 39.2 Å².